The smallest absolute Gasteiger partial charge is 0.234 e. The van der Waals surface area contributed by atoms with Crippen LogP contribution in [0.5, 0.6) is 0 Å². The van der Waals surface area contributed by atoms with Gasteiger partial charge in [0.05, 0.1) is 6.54 Å². The molecule has 0 saturated heterocycles. The van der Waals surface area contributed by atoms with E-state index in [1.807, 2.05) is 6.92 Å². The first kappa shape index (κ1) is 13.7. The monoisotopic (exact) mass is 304 g/mol. The molecule has 1 heterocycles. The Morgan fingerprint density at radius 3 is 2.81 bits per heavy atom. The van der Waals surface area contributed by atoms with Crippen molar-refractivity contribution in [1.29, 1.82) is 0 Å². The molecule has 1 rings (SSSR count). The SMILES string of the molecule is CCNC(=O)CN(CC)Cc1cc(Br)cs1. The topological polar surface area (TPSA) is 32.3 Å². The predicted octanol–water partition coefficient (Wildman–Crippen LogP) is 2.47. The third-order valence-corrected chi connectivity index (χ3v) is 3.87. The highest BCUT2D eigenvalue weighted by atomic mass is 79.9. The second kappa shape index (κ2) is 7.04. The quantitative estimate of drug-likeness (QED) is 0.875. The zero-order valence-electron chi connectivity index (χ0n) is 9.62. The van der Waals surface area contributed by atoms with E-state index >= 15 is 0 Å². The third-order valence-electron chi connectivity index (χ3n) is 2.19. The van der Waals surface area contributed by atoms with E-state index in [2.05, 4.69) is 44.5 Å². The summed E-state index contributed by atoms with van der Waals surface area (Å²) in [5, 5.41) is 4.88. The van der Waals surface area contributed by atoms with Gasteiger partial charge in [0.15, 0.2) is 0 Å². The lowest BCUT2D eigenvalue weighted by atomic mass is 10.4. The van der Waals surface area contributed by atoms with E-state index in [9.17, 15) is 4.79 Å². The van der Waals surface area contributed by atoms with Gasteiger partial charge in [0.2, 0.25) is 5.91 Å². The summed E-state index contributed by atoms with van der Waals surface area (Å²) < 4.78 is 1.11. The molecule has 0 unspecified atom stereocenters. The lowest BCUT2D eigenvalue weighted by molar-refractivity contribution is -0.122. The highest BCUT2D eigenvalue weighted by Gasteiger charge is 2.09. The van der Waals surface area contributed by atoms with Crippen LogP contribution in [0.2, 0.25) is 0 Å². The Hall–Kier alpha value is -0.390. The minimum absolute atomic E-state index is 0.0972. The lowest BCUT2D eigenvalue weighted by Crippen LogP contribution is -2.36. The van der Waals surface area contributed by atoms with E-state index in [4.69, 9.17) is 0 Å². The van der Waals surface area contributed by atoms with Crippen LogP contribution in [0, 0.1) is 0 Å². The fourth-order valence-electron chi connectivity index (χ4n) is 1.39. The number of amides is 1. The Morgan fingerprint density at radius 1 is 1.56 bits per heavy atom. The van der Waals surface area contributed by atoms with Crippen molar-refractivity contribution in [2.24, 2.45) is 0 Å². The van der Waals surface area contributed by atoms with E-state index in [1.165, 1.54) is 4.88 Å². The molecule has 0 saturated carbocycles. The fourth-order valence-corrected chi connectivity index (χ4v) is 2.89. The number of carbonyl (C=O) groups excluding carboxylic acids is 1. The Kier molecular flexibility index (Phi) is 6.01. The standard InChI is InChI=1S/C11H17BrN2OS/c1-3-13-11(15)7-14(4-2)6-10-5-9(12)8-16-10/h5,8H,3-4,6-7H2,1-2H3,(H,13,15). The molecule has 0 atom stereocenters. The van der Waals surface area contributed by atoms with Gasteiger partial charge in [-0.25, -0.2) is 0 Å². The number of rotatable bonds is 6. The molecule has 1 amide bonds. The molecule has 90 valence electrons. The van der Waals surface area contributed by atoms with Crippen LogP contribution < -0.4 is 5.32 Å². The molecule has 1 aromatic rings. The van der Waals surface area contributed by atoms with E-state index in [0.717, 1.165) is 17.6 Å². The summed E-state index contributed by atoms with van der Waals surface area (Å²) in [7, 11) is 0. The first-order valence-corrected chi connectivity index (χ1v) is 7.05. The van der Waals surface area contributed by atoms with Crippen LogP contribution in [0.25, 0.3) is 0 Å². The second-order valence-corrected chi connectivity index (χ2v) is 5.40. The van der Waals surface area contributed by atoms with Crippen molar-refractivity contribution in [3.05, 3.63) is 20.8 Å². The maximum Gasteiger partial charge on any atom is 0.234 e. The summed E-state index contributed by atoms with van der Waals surface area (Å²) in [6.07, 6.45) is 0. The van der Waals surface area contributed by atoms with Crippen LogP contribution in [0.4, 0.5) is 0 Å². The number of hydrogen-bond donors (Lipinski definition) is 1. The molecule has 0 spiro atoms. The van der Waals surface area contributed by atoms with Crippen molar-refractivity contribution in [1.82, 2.24) is 10.2 Å². The molecule has 3 nitrogen and oxygen atoms in total. The molecule has 0 aliphatic heterocycles. The first-order chi connectivity index (χ1) is 7.65. The van der Waals surface area contributed by atoms with Gasteiger partial charge in [-0.15, -0.1) is 11.3 Å². The highest BCUT2D eigenvalue weighted by molar-refractivity contribution is 9.10. The van der Waals surface area contributed by atoms with Crippen molar-refractivity contribution in [2.45, 2.75) is 20.4 Å². The van der Waals surface area contributed by atoms with Gasteiger partial charge in [-0.05, 0) is 35.5 Å². The number of likely N-dealkylation sites (N-methyl/N-ethyl adjacent to an activating group) is 2. The zero-order chi connectivity index (χ0) is 12.0. The Balaban J connectivity index is 2.45. The molecule has 0 aliphatic rings. The number of halogens is 1. The van der Waals surface area contributed by atoms with Crippen LogP contribution in [-0.4, -0.2) is 30.4 Å². The van der Waals surface area contributed by atoms with Gasteiger partial charge in [0.1, 0.15) is 0 Å². The minimum atomic E-state index is 0.0972. The molecule has 0 aliphatic carbocycles. The number of thiophene rings is 1. The Bertz CT molecular complexity index is 340. The first-order valence-electron chi connectivity index (χ1n) is 5.37. The zero-order valence-corrected chi connectivity index (χ0v) is 12.0. The van der Waals surface area contributed by atoms with Crippen molar-refractivity contribution >= 4 is 33.2 Å². The Labute approximate surface area is 109 Å². The molecular formula is C11H17BrN2OS. The van der Waals surface area contributed by atoms with Crippen LogP contribution >= 0.6 is 27.3 Å². The summed E-state index contributed by atoms with van der Waals surface area (Å²) in [6.45, 7) is 6.89. The maximum absolute atomic E-state index is 11.4. The van der Waals surface area contributed by atoms with Crippen LogP contribution in [0.3, 0.4) is 0 Å². The average Bonchev–Trinajstić information content (AvgIpc) is 2.63. The molecule has 1 N–H and O–H groups in total. The molecule has 0 fully saturated rings. The molecule has 0 bridgehead atoms. The van der Waals surface area contributed by atoms with Gasteiger partial charge in [0.25, 0.3) is 0 Å². The minimum Gasteiger partial charge on any atom is -0.355 e. The van der Waals surface area contributed by atoms with E-state index in [-0.39, 0.29) is 5.91 Å². The van der Waals surface area contributed by atoms with Crippen molar-refractivity contribution in [2.75, 3.05) is 19.6 Å². The number of hydrogen-bond acceptors (Lipinski definition) is 3. The molecule has 5 heteroatoms. The van der Waals surface area contributed by atoms with E-state index < -0.39 is 0 Å². The molecular weight excluding hydrogens is 288 g/mol. The van der Waals surface area contributed by atoms with Crippen LogP contribution in [0.15, 0.2) is 15.9 Å². The van der Waals surface area contributed by atoms with Gasteiger partial charge in [-0.1, -0.05) is 6.92 Å². The number of nitrogens with one attached hydrogen (secondary N) is 1. The van der Waals surface area contributed by atoms with Crippen molar-refractivity contribution in [3.8, 4) is 0 Å². The third kappa shape index (κ3) is 4.63. The van der Waals surface area contributed by atoms with Crippen molar-refractivity contribution < 1.29 is 4.79 Å². The van der Waals surface area contributed by atoms with Gasteiger partial charge in [-0.2, -0.15) is 0 Å². The maximum atomic E-state index is 11.4. The van der Waals surface area contributed by atoms with Gasteiger partial charge >= 0.3 is 0 Å². The summed E-state index contributed by atoms with van der Waals surface area (Å²) in [4.78, 5) is 14.9. The summed E-state index contributed by atoms with van der Waals surface area (Å²) in [5.74, 6) is 0.0972. The second-order valence-electron chi connectivity index (χ2n) is 3.49. The molecule has 0 radical (unpaired) electrons. The molecule has 16 heavy (non-hydrogen) atoms. The van der Waals surface area contributed by atoms with E-state index in [0.29, 0.717) is 13.1 Å². The van der Waals surface area contributed by atoms with E-state index in [1.54, 1.807) is 11.3 Å². The predicted molar refractivity (Wildman–Crippen MR) is 71.7 cm³/mol. The van der Waals surface area contributed by atoms with Crippen molar-refractivity contribution in [3.63, 3.8) is 0 Å². The molecule has 1 aromatic heterocycles. The average molecular weight is 305 g/mol. The van der Waals surface area contributed by atoms with Crippen LogP contribution in [-0.2, 0) is 11.3 Å². The Morgan fingerprint density at radius 2 is 2.31 bits per heavy atom. The number of carbonyl (C=O) groups is 1. The van der Waals surface area contributed by atoms with Gasteiger partial charge < -0.3 is 5.32 Å². The largest absolute Gasteiger partial charge is 0.355 e. The number of nitrogens with zero attached hydrogens (tertiary/aromatic N) is 1. The lowest BCUT2D eigenvalue weighted by Gasteiger charge is -2.18. The summed E-state index contributed by atoms with van der Waals surface area (Å²) in [6, 6.07) is 2.10. The summed E-state index contributed by atoms with van der Waals surface area (Å²) >= 11 is 5.15. The van der Waals surface area contributed by atoms with Gasteiger partial charge in [0, 0.05) is 27.8 Å². The van der Waals surface area contributed by atoms with Crippen LogP contribution in [0.1, 0.15) is 18.7 Å². The molecule has 0 aromatic carbocycles. The fraction of sp³-hybridized carbons (Fsp3) is 0.545. The summed E-state index contributed by atoms with van der Waals surface area (Å²) in [5.41, 5.74) is 0. The van der Waals surface area contributed by atoms with Gasteiger partial charge in [-0.3, -0.25) is 9.69 Å². The highest BCUT2D eigenvalue weighted by Crippen LogP contribution is 2.20. The normalized spacial score (nSPS) is 10.8.